The number of ether oxygens (including phenoxy) is 2. The second kappa shape index (κ2) is 6.33. The topological polar surface area (TPSA) is 68.1 Å². The van der Waals surface area contributed by atoms with Gasteiger partial charge in [-0.1, -0.05) is 0 Å². The van der Waals surface area contributed by atoms with E-state index in [9.17, 15) is 9.70 Å². The van der Waals surface area contributed by atoms with E-state index in [0.29, 0.717) is 36.8 Å². The zero-order valence-corrected chi connectivity index (χ0v) is 11.5. The fraction of sp³-hybridized carbons (Fsp3) is 0.462. The lowest BCUT2D eigenvalue weighted by atomic mass is 10.1. The predicted octanol–water partition coefficient (Wildman–Crippen LogP) is 1.28. The van der Waals surface area contributed by atoms with E-state index in [2.05, 4.69) is 4.84 Å². The van der Waals surface area contributed by atoms with Crippen LogP contribution in [0.15, 0.2) is 18.2 Å². The summed E-state index contributed by atoms with van der Waals surface area (Å²) in [5.41, 5.74) is 1.31. The van der Waals surface area contributed by atoms with Crippen LogP contribution in [-0.2, 0) is 14.3 Å². The van der Waals surface area contributed by atoms with Crippen LogP contribution in [0, 0.1) is 4.91 Å². The van der Waals surface area contributed by atoms with Gasteiger partial charge < -0.3 is 14.4 Å². The number of carbonyl (C=O) groups is 1. The highest BCUT2D eigenvalue weighted by molar-refractivity contribution is 5.96. The van der Waals surface area contributed by atoms with E-state index >= 15 is 0 Å². The van der Waals surface area contributed by atoms with Crippen LogP contribution in [0.5, 0.6) is 0 Å². The first-order valence-corrected chi connectivity index (χ1v) is 6.23. The minimum absolute atomic E-state index is 0.241. The Balaban J connectivity index is 2.39. The number of hydrogen-bond acceptors (Lipinski definition) is 6. The molecule has 0 aromatic heterocycles. The maximum atomic E-state index is 11.9. The summed E-state index contributed by atoms with van der Waals surface area (Å²) >= 11 is 0. The lowest BCUT2D eigenvalue weighted by Crippen LogP contribution is -2.37. The Morgan fingerprint density at radius 2 is 2.00 bits per heavy atom. The minimum atomic E-state index is -0.488. The molecule has 1 fully saturated rings. The normalized spacial score (nSPS) is 14.8. The van der Waals surface area contributed by atoms with Gasteiger partial charge in [0.05, 0.1) is 36.5 Å². The molecule has 1 aromatic rings. The average molecular weight is 281 g/mol. The largest absolute Gasteiger partial charge is 0.465 e. The summed E-state index contributed by atoms with van der Waals surface area (Å²) in [5, 5.41) is 0. The maximum Gasteiger partial charge on any atom is 0.340 e. The number of rotatable bonds is 4. The summed E-state index contributed by atoms with van der Waals surface area (Å²) in [4.78, 5) is 30.3. The number of esters is 1. The molecule has 1 aromatic carbocycles. The zero-order chi connectivity index (χ0) is 14.5. The Bertz CT molecular complexity index is 511. The highest BCUT2D eigenvalue weighted by Gasteiger charge is 2.24. The van der Waals surface area contributed by atoms with Crippen LogP contribution in [-0.4, -0.2) is 51.4 Å². The van der Waals surface area contributed by atoms with E-state index in [1.165, 1.54) is 20.3 Å². The van der Waals surface area contributed by atoms with Gasteiger partial charge in [-0.05, 0) is 6.07 Å². The van der Waals surface area contributed by atoms with E-state index in [-0.39, 0.29) is 5.69 Å². The lowest BCUT2D eigenvalue weighted by Gasteiger charge is -2.29. The van der Waals surface area contributed by atoms with E-state index in [0.717, 1.165) is 5.69 Å². The van der Waals surface area contributed by atoms with Crippen molar-refractivity contribution in [1.29, 1.82) is 0 Å². The van der Waals surface area contributed by atoms with Crippen molar-refractivity contribution >= 4 is 17.3 Å². The van der Waals surface area contributed by atoms with Crippen LogP contribution in [0.25, 0.3) is 0 Å². The molecule has 1 heterocycles. The van der Waals surface area contributed by atoms with Gasteiger partial charge in [0.15, 0.2) is 7.11 Å². The van der Waals surface area contributed by atoms with Crippen molar-refractivity contribution in [2.45, 2.75) is 0 Å². The maximum absolute atomic E-state index is 11.9. The molecule has 7 nitrogen and oxygen atoms in total. The van der Waals surface area contributed by atoms with Crippen molar-refractivity contribution in [1.82, 2.24) is 0 Å². The van der Waals surface area contributed by atoms with Crippen LogP contribution in [0.2, 0.25) is 0 Å². The summed E-state index contributed by atoms with van der Waals surface area (Å²) in [6.45, 7) is 2.59. The molecule has 0 amide bonds. The molecule has 0 atom stereocenters. The molecular weight excluding hydrogens is 264 g/mol. The first-order valence-electron chi connectivity index (χ1n) is 6.23. The highest BCUT2D eigenvalue weighted by atomic mass is 16.8. The summed E-state index contributed by atoms with van der Waals surface area (Å²) in [6.07, 6.45) is 0. The Morgan fingerprint density at radius 1 is 1.30 bits per heavy atom. The van der Waals surface area contributed by atoms with Crippen LogP contribution >= 0.6 is 0 Å². The average Bonchev–Trinajstić information content (AvgIpc) is 2.53. The van der Waals surface area contributed by atoms with Gasteiger partial charge in [-0.3, -0.25) is 0 Å². The number of methoxy groups -OCH3 is 1. The Hall–Kier alpha value is -2.15. The molecule has 0 aliphatic carbocycles. The molecule has 1 aliphatic rings. The van der Waals surface area contributed by atoms with E-state index < -0.39 is 5.97 Å². The number of carbonyl (C=O) groups excluding carboxylic acids is 1. The van der Waals surface area contributed by atoms with E-state index in [1.54, 1.807) is 12.1 Å². The van der Waals surface area contributed by atoms with Gasteiger partial charge in [0.2, 0.25) is 0 Å². The molecule has 0 spiro atoms. The molecule has 0 bridgehead atoms. The second-order valence-electron chi connectivity index (χ2n) is 4.23. The van der Waals surface area contributed by atoms with E-state index in [4.69, 9.17) is 9.47 Å². The molecular formula is C13H17N2O5+. The number of anilines is 1. The van der Waals surface area contributed by atoms with Crippen molar-refractivity contribution < 1.29 is 24.0 Å². The van der Waals surface area contributed by atoms with Crippen LogP contribution in [0.4, 0.5) is 11.4 Å². The fourth-order valence-corrected chi connectivity index (χ4v) is 2.10. The SMILES string of the molecule is COC(=O)c1cc([N+](=O)OC)ccc1N1CCOCC1. The third-order valence-electron chi connectivity index (χ3n) is 3.11. The van der Waals surface area contributed by atoms with Crippen LogP contribution in [0.3, 0.4) is 0 Å². The van der Waals surface area contributed by atoms with Crippen LogP contribution in [0.1, 0.15) is 10.4 Å². The lowest BCUT2D eigenvalue weighted by molar-refractivity contribution is -0.736. The molecule has 0 radical (unpaired) electrons. The molecule has 2 rings (SSSR count). The molecule has 20 heavy (non-hydrogen) atoms. The van der Waals surface area contributed by atoms with Gasteiger partial charge in [-0.2, -0.15) is 0 Å². The second-order valence-corrected chi connectivity index (χ2v) is 4.23. The number of morpholine rings is 1. The summed E-state index contributed by atoms with van der Waals surface area (Å²) < 4.78 is 10.1. The minimum Gasteiger partial charge on any atom is -0.465 e. The van der Waals surface area contributed by atoms with Crippen molar-refractivity contribution in [3.63, 3.8) is 0 Å². The summed E-state index contributed by atoms with van der Waals surface area (Å²) in [7, 11) is 2.57. The summed E-state index contributed by atoms with van der Waals surface area (Å²) in [6, 6.07) is 4.79. The third-order valence-corrected chi connectivity index (χ3v) is 3.11. The van der Waals surface area contributed by atoms with Gasteiger partial charge in [0.25, 0.3) is 4.92 Å². The van der Waals surface area contributed by atoms with Gasteiger partial charge in [-0.15, -0.1) is 0 Å². The van der Waals surface area contributed by atoms with Gasteiger partial charge in [-0.25, -0.2) is 9.63 Å². The third kappa shape index (κ3) is 2.88. The Kier molecular flexibility index (Phi) is 4.52. The van der Waals surface area contributed by atoms with Gasteiger partial charge in [0.1, 0.15) is 0 Å². The smallest absolute Gasteiger partial charge is 0.340 e. The van der Waals surface area contributed by atoms with E-state index in [1.807, 2.05) is 4.90 Å². The van der Waals surface area contributed by atoms with Crippen molar-refractivity contribution in [2.24, 2.45) is 0 Å². The van der Waals surface area contributed by atoms with Gasteiger partial charge in [0, 0.05) is 25.2 Å². The number of benzene rings is 1. The number of hydrogen-bond donors (Lipinski definition) is 0. The zero-order valence-electron chi connectivity index (χ0n) is 11.5. The van der Waals surface area contributed by atoms with Crippen molar-refractivity contribution in [2.75, 3.05) is 45.4 Å². The first-order chi connectivity index (χ1) is 9.67. The fourth-order valence-electron chi connectivity index (χ4n) is 2.10. The standard InChI is InChI=1S/C13H17N2O5/c1-18-13(16)11-9-10(15(17)19-2)3-4-12(11)14-5-7-20-8-6-14/h3-4,9H,5-8H2,1-2H3/q+1. The molecule has 0 saturated carbocycles. The molecule has 0 N–H and O–H groups in total. The molecule has 0 unspecified atom stereocenters. The summed E-state index contributed by atoms with van der Waals surface area (Å²) in [5.74, 6) is -0.488. The predicted molar refractivity (Wildman–Crippen MR) is 71.1 cm³/mol. The van der Waals surface area contributed by atoms with Gasteiger partial charge >= 0.3 is 11.7 Å². The highest BCUT2D eigenvalue weighted by Crippen LogP contribution is 2.27. The molecule has 7 heteroatoms. The first kappa shape index (κ1) is 14.3. The molecule has 1 saturated heterocycles. The molecule has 108 valence electrons. The van der Waals surface area contributed by atoms with Crippen LogP contribution < -0.4 is 4.90 Å². The van der Waals surface area contributed by atoms with Crippen molar-refractivity contribution in [3.05, 3.63) is 28.7 Å². The quantitative estimate of drug-likeness (QED) is 0.612. The Morgan fingerprint density at radius 3 is 2.60 bits per heavy atom. The monoisotopic (exact) mass is 281 g/mol. The molecule has 1 aliphatic heterocycles. The number of nitrogens with zero attached hydrogens (tertiary/aromatic N) is 2. The Labute approximate surface area is 116 Å². The van der Waals surface area contributed by atoms with Crippen molar-refractivity contribution in [3.8, 4) is 0 Å².